The minimum Gasteiger partial charge on any atom is -0.383 e. The highest BCUT2D eigenvalue weighted by Gasteiger charge is 2.35. The third-order valence-corrected chi connectivity index (χ3v) is 3.46. The van der Waals surface area contributed by atoms with Crippen molar-refractivity contribution < 1.29 is 18.0 Å². The maximum absolute atomic E-state index is 12.7. The Morgan fingerprint density at radius 1 is 1.27 bits per heavy atom. The number of alkyl halides is 3. The maximum Gasteiger partial charge on any atom is 0.416 e. The summed E-state index contributed by atoms with van der Waals surface area (Å²) in [6, 6.07) is 1.48. The number of anilines is 1. The van der Waals surface area contributed by atoms with Gasteiger partial charge in [-0.1, -0.05) is 23.2 Å². The number of carbonyl (C=O) groups excluding carboxylic acids is 1. The number of hydrogen-bond acceptors (Lipinski definition) is 3. The number of rotatable bonds is 2. The van der Waals surface area contributed by atoms with Crippen LogP contribution in [0, 0.1) is 0 Å². The standard InChI is InChI=1S/C13H12Cl2F3N3O/c1-20(2)6-7-5-19-21(12(7)22)11-9(14)3-8(4-10(11)15)13(16,17)18/h3-4,6,19H,5H2,1-2H3. The molecule has 9 heteroatoms. The van der Waals surface area contributed by atoms with E-state index in [0.717, 1.165) is 17.1 Å². The lowest BCUT2D eigenvalue weighted by Crippen LogP contribution is -2.34. The van der Waals surface area contributed by atoms with Crippen LogP contribution in [-0.2, 0) is 11.0 Å². The number of hydrogen-bond donors (Lipinski definition) is 1. The highest BCUT2D eigenvalue weighted by atomic mass is 35.5. The molecule has 1 aromatic rings. The van der Waals surface area contributed by atoms with E-state index in [9.17, 15) is 18.0 Å². The minimum atomic E-state index is -4.57. The van der Waals surface area contributed by atoms with Crippen LogP contribution in [0.5, 0.6) is 0 Å². The van der Waals surface area contributed by atoms with Gasteiger partial charge in [0.25, 0.3) is 5.91 Å². The molecule has 1 aliphatic rings. The number of carbonyl (C=O) groups is 1. The lowest BCUT2D eigenvalue weighted by atomic mass is 10.2. The van der Waals surface area contributed by atoms with Crippen LogP contribution in [0.2, 0.25) is 10.0 Å². The number of hydrazine groups is 1. The Morgan fingerprint density at radius 2 is 1.82 bits per heavy atom. The van der Waals surface area contributed by atoms with E-state index in [1.165, 1.54) is 0 Å². The summed E-state index contributed by atoms with van der Waals surface area (Å²) in [4.78, 5) is 13.9. The highest BCUT2D eigenvalue weighted by Crippen LogP contribution is 2.40. The van der Waals surface area contributed by atoms with E-state index in [1.54, 1.807) is 25.2 Å². The van der Waals surface area contributed by atoms with Gasteiger partial charge in [-0.05, 0) is 12.1 Å². The first-order valence-electron chi connectivity index (χ1n) is 6.12. The predicted molar refractivity (Wildman–Crippen MR) is 78.7 cm³/mol. The third kappa shape index (κ3) is 3.31. The Hall–Kier alpha value is -1.44. The molecule has 0 aliphatic carbocycles. The minimum absolute atomic E-state index is 0.00323. The van der Waals surface area contributed by atoms with Crippen LogP contribution < -0.4 is 10.4 Å². The van der Waals surface area contributed by atoms with Gasteiger partial charge in [-0.2, -0.15) is 13.2 Å². The van der Waals surface area contributed by atoms with Crippen molar-refractivity contribution in [3.8, 4) is 0 Å². The average Bonchev–Trinajstić information content (AvgIpc) is 2.69. The van der Waals surface area contributed by atoms with Crippen LogP contribution in [-0.4, -0.2) is 31.4 Å². The molecule has 1 N–H and O–H groups in total. The zero-order valence-electron chi connectivity index (χ0n) is 11.6. The van der Waals surface area contributed by atoms with E-state index >= 15 is 0 Å². The topological polar surface area (TPSA) is 35.6 Å². The van der Waals surface area contributed by atoms with Crippen molar-refractivity contribution in [2.45, 2.75) is 6.18 Å². The van der Waals surface area contributed by atoms with Crippen LogP contribution in [0.3, 0.4) is 0 Å². The van der Waals surface area contributed by atoms with Crippen molar-refractivity contribution in [3.05, 3.63) is 39.5 Å². The molecule has 1 fully saturated rings. The van der Waals surface area contributed by atoms with Crippen molar-refractivity contribution >= 4 is 34.8 Å². The summed E-state index contributed by atoms with van der Waals surface area (Å²) in [6.45, 7) is 0.227. The third-order valence-electron chi connectivity index (χ3n) is 2.89. The van der Waals surface area contributed by atoms with Crippen molar-refractivity contribution in [1.29, 1.82) is 0 Å². The molecule has 0 unspecified atom stereocenters. The zero-order chi connectivity index (χ0) is 16.7. The van der Waals surface area contributed by atoms with Crippen LogP contribution in [0.25, 0.3) is 0 Å². The SMILES string of the molecule is CN(C)C=C1CNN(c2c(Cl)cc(C(F)(F)F)cc2Cl)C1=O. The fourth-order valence-corrected chi connectivity index (χ4v) is 2.65. The van der Waals surface area contributed by atoms with Gasteiger partial charge in [-0.3, -0.25) is 4.79 Å². The number of nitrogens with one attached hydrogen (secondary N) is 1. The molecule has 2 rings (SSSR count). The van der Waals surface area contributed by atoms with Crippen molar-refractivity contribution in [2.24, 2.45) is 0 Å². The largest absolute Gasteiger partial charge is 0.416 e. The molecule has 4 nitrogen and oxygen atoms in total. The van der Waals surface area contributed by atoms with Gasteiger partial charge in [0.1, 0.15) is 0 Å². The first-order valence-corrected chi connectivity index (χ1v) is 6.88. The molecule has 120 valence electrons. The van der Waals surface area contributed by atoms with Gasteiger partial charge in [0.15, 0.2) is 0 Å². The Labute approximate surface area is 135 Å². The molecule has 1 amide bonds. The monoisotopic (exact) mass is 353 g/mol. The highest BCUT2D eigenvalue weighted by molar-refractivity contribution is 6.40. The summed E-state index contributed by atoms with van der Waals surface area (Å²) >= 11 is 11.8. The normalized spacial score (nSPS) is 17.5. The number of amides is 1. The Kier molecular flexibility index (Phi) is 4.60. The Balaban J connectivity index is 2.41. The van der Waals surface area contributed by atoms with Gasteiger partial charge in [0, 0.05) is 26.8 Å². The van der Waals surface area contributed by atoms with Gasteiger partial charge < -0.3 is 4.90 Å². The van der Waals surface area contributed by atoms with Gasteiger partial charge in [0.2, 0.25) is 0 Å². The smallest absolute Gasteiger partial charge is 0.383 e. The quantitative estimate of drug-likeness (QED) is 0.828. The molecule has 1 aliphatic heterocycles. The first kappa shape index (κ1) is 16.9. The molecule has 0 radical (unpaired) electrons. The van der Waals surface area contributed by atoms with Gasteiger partial charge in [-0.15, -0.1) is 0 Å². The number of halogens is 5. The Bertz CT molecular complexity index is 621. The number of nitrogens with zero attached hydrogens (tertiary/aromatic N) is 2. The summed E-state index contributed by atoms with van der Waals surface area (Å²) in [5, 5.41) is 0.540. The molecule has 0 aromatic heterocycles. The predicted octanol–water partition coefficient (Wildman–Crippen LogP) is 3.31. The molecule has 22 heavy (non-hydrogen) atoms. The Morgan fingerprint density at radius 3 is 2.27 bits per heavy atom. The van der Waals surface area contributed by atoms with Gasteiger partial charge in [0.05, 0.1) is 26.9 Å². The van der Waals surface area contributed by atoms with E-state index in [1.807, 2.05) is 0 Å². The van der Waals surface area contributed by atoms with Gasteiger partial charge >= 0.3 is 6.18 Å². The molecule has 0 atom stereocenters. The van der Waals surface area contributed by atoms with E-state index in [-0.39, 0.29) is 22.3 Å². The molecular weight excluding hydrogens is 342 g/mol. The molecule has 0 saturated carbocycles. The van der Waals surface area contributed by atoms with E-state index in [2.05, 4.69) is 5.43 Å². The lowest BCUT2D eigenvalue weighted by Gasteiger charge is -2.20. The summed E-state index contributed by atoms with van der Waals surface area (Å²) in [5.74, 6) is -0.419. The van der Waals surface area contributed by atoms with Crippen LogP contribution in [0.4, 0.5) is 18.9 Å². The van der Waals surface area contributed by atoms with Crippen LogP contribution in [0.1, 0.15) is 5.56 Å². The molecular formula is C13H12Cl2F3N3O. The second-order valence-corrected chi connectivity index (χ2v) is 5.69. The fraction of sp³-hybridized carbons (Fsp3) is 0.308. The maximum atomic E-state index is 12.7. The van der Waals surface area contributed by atoms with E-state index in [0.29, 0.717) is 5.57 Å². The second-order valence-electron chi connectivity index (χ2n) is 4.88. The van der Waals surface area contributed by atoms with E-state index < -0.39 is 17.6 Å². The average molecular weight is 354 g/mol. The fourth-order valence-electron chi connectivity index (χ4n) is 1.99. The van der Waals surface area contributed by atoms with Crippen LogP contribution in [0.15, 0.2) is 23.9 Å². The molecule has 1 saturated heterocycles. The summed E-state index contributed by atoms with van der Waals surface area (Å²) < 4.78 is 38.1. The lowest BCUT2D eigenvalue weighted by molar-refractivity contribution is -0.137. The molecule has 0 bridgehead atoms. The molecule has 0 spiro atoms. The van der Waals surface area contributed by atoms with Crippen molar-refractivity contribution in [2.75, 3.05) is 25.6 Å². The first-order chi connectivity index (χ1) is 10.1. The zero-order valence-corrected chi connectivity index (χ0v) is 13.1. The summed E-state index contributed by atoms with van der Waals surface area (Å²) in [6.07, 6.45) is -2.95. The summed E-state index contributed by atoms with van der Waals surface area (Å²) in [5.41, 5.74) is 2.23. The van der Waals surface area contributed by atoms with E-state index in [4.69, 9.17) is 23.2 Å². The second kappa shape index (κ2) is 5.98. The van der Waals surface area contributed by atoms with Crippen molar-refractivity contribution in [1.82, 2.24) is 10.3 Å². The summed E-state index contributed by atoms with van der Waals surface area (Å²) in [7, 11) is 3.50. The van der Waals surface area contributed by atoms with Crippen LogP contribution >= 0.6 is 23.2 Å². The van der Waals surface area contributed by atoms with Gasteiger partial charge in [-0.25, -0.2) is 10.4 Å². The van der Waals surface area contributed by atoms with Crippen molar-refractivity contribution in [3.63, 3.8) is 0 Å². The number of benzene rings is 1. The molecule has 1 aromatic carbocycles. The molecule has 1 heterocycles.